The highest BCUT2D eigenvalue weighted by atomic mass is 16.3. The van der Waals surface area contributed by atoms with Crippen LogP contribution in [-0.4, -0.2) is 13.7 Å². The third kappa shape index (κ3) is 10.4. The Morgan fingerprint density at radius 2 is 0.585 bits per heavy atom. The maximum atomic E-state index is 6.34. The number of hydrogen-bond donors (Lipinski definition) is 0. The van der Waals surface area contributed by atoms with Crippen LogP contribution in [0.2, 0.25) is 0 Å². The molecule has 18 aromatic carbocycles. The minimum absolute atomic E-state index is 0.0252. The fourth-order valence-corrected chi connectivity index (χ4v) is 21.7. The number of para-hydroxylation sites is 7. The average molecular weight is 1580 g/mol. The van der Waals surface area contributed by atoms with Gasteiger partial charge < -0.3 is 27.0 Å². The number of hydrogen-bond acceptors (Lipinski definition) is 3. The Morgan fingerprint density at radius 3 is 1.17 bits per heavy atom. The van der Waals surface area contributed by atoms with E-state index in [0.29, 0.717) is 0 Å². The molecule has 3 aliphatic rings. The first-order valence-electron chi connectivity index (χ1n) is 42.8. The molecule has 24 aromatic rings. The number of aromatic nitrogens is 3. The van der Waals surface area contributed by atoms with Crippen LogP contribution in [0.1, 0.15) is 74.9 Å². The second kappa shape index (κ2) is 26.4. The van der Waals surface area contributed by atoms with Crippen molar-refractivity contribution in [2.24, 2.45) is 0 Å². The molecular formula is C117H81N3O3. The summed E-state index contributed by atoms with van der Waals surface area (Å²) in [7, 11) is 0. The molecule has 582 valence electrons. The summed E-state index contributed by atoms with van der Waals surface area (Å²) in [4.78, 5) is 0. The highest BCUT2D eigenvalue weighted by Gasteiger charge is 2.41. The van der Waals surface area contributed by atoms with Gasteiger partial charge in [0.25, 0.3) is 0 Å². The highest BCUT2D eigenvalue weighted by Crippen LogP contribution is 2.57. The molecule has 6 nitrogen and oxygen atoms in total. The van der Waals surface area contributed by atoms with E-state index in [9.17, 15) is 0 Å². The van der Waals surface area contributed by atoms with Crippen molar-refractivity contribution in [2.75, 3.05) is 0 Å². The van der Waals surface area contributed by atoms with Gasteiger partial charge in [-0.25, -0.2) is 0 Å². The minimum Gasteiger partial charge on any atom is -0.456 e. The molecule has 123 heavy (non-hydrogen) atoms. The van der Waals surface area contributed by atoms with Crippen molar-refractivity contribution in [3.8, 4) is 83.8 Å². The number of benzene rings is 18. The molecular weight excluding hydrogens is 1500 g/mol. The van der Waals surface area contributed by atoms with E-state index in [2.05, 4.69) is 401 Å². The zero-order valence-electron chi connectivity index (χ0n) is 68.9. The normalized spacial score (nSPS) is 13.8. The summed E-state index contributed by atoms with van der Waals surface area (Å²) in [6, 6.07) is 139. The van der Waals surface area contributed by atoms with Gasteiger partial charge in [0.15, 0.2) is 0 Å². The molecule has 0 saturated heterocycles. The molecule has 0 atom stereocenters. The fourth-order valence-electron chi connectivity index (χ4n) is 21.7. The maximum absolute atomic E-state index is 6.34. The molecule has 6 heteroatoms. The number of rotatable bonds is 6. The lowest BCUT2D eigenvalue weighted by molar-refractivity contribution is 0.660. The summed E-state index contributed by atoms with van der Waals surface area (Å²) in [6.45, 7) is 14.1. The molecule has 0 bridgehead atoms. The summed E-state index contributed by atoms with van der Waals surface area (Å²) in [5.41, 5.74) is 40.1. The Labute approximate surface area is 710 Å². The Kier molecular flexibility index (Phi) is 15.2. The van der Waals surface area contributed by atoms with Crippen LogP contribution in [-0.2, 0) is 16.2 Å². The van der Waals surface area contributed by atoms with E-state index in [0.717, 1.165) is 82.6 Å². The fraction of sp³-hybridized carbons (Fsp3) is 0.0769. The molecule has 6 aromatic heterocycles. The van der Waals surface area contributed by atoms with Crippen LogP contribution < -0.4 is 0 Å². The standard InChI is InChI=1S/3C39H27NO/c1-39(2)31-15-6-3-11-29(31)36-32(39)22-23-34-37(36)30-12-4-7-16-33(30)40(34)25-20-18-24(19-21-25)26-13-9-14-28-27-10-5-8-17-35(27)41-38(26)28;1-39(2)32-12-6-3-11-30(32)37-33(39)21-20-29-27-9-4-7-13-34(27)40(38(29)37)26-18-15-24(16-19-26)25-17-22-36-31(23-25)28-10-5-8-14-35(28)41-36;1-39(2)33-12-6-3-9-27(33)30-22-31-28-10-4-7-13-35(28)40(36(31)23-34(30)39)26-18-15-24(16-19-26)25-17-20-38-32(21-25)29-11-5-8-14-37(29)41-38/h3*3-23H,1-2H3. The second-order valence-corrected chi connectivity index (χ2v) is 35.3. The van der Waals surface area contributed by atoms with Gasteiger partial charge in [-0.2, -0.15) is 0 Å². The van der Waals surface area contributed by atoms with E-state index >= 15 is 0 Å². The van der Waals surface area contributed by atoms with Gasteiger partial charge in [0.05, 0.1) is 33.1 Å². The molecule has 0 fully saturated rings. The van der Waals surface area contributed by atoms with Gasteiger partial charge in [0.1, 0.15) is 33.5 Å². The lowest BCUT2D eigenvalue weighted by Gasteiger charge is -2.21. The summed E-state index contributed by atoms with van der Waals surface area (Å²) >= 11 is 0. The quantitative estimate of drug-likeness (QED) is 0.167. The van der Waals surface area contributed by atoms with Gasteiger partial charge >= 0.3 is 0 Å². The smallest absolute Gasteiger partial charge is 0.143 e. The van der Waals surface area contributed by atoms with Gasteiger partial charge in [0.2, 0.25) is 0 Å². The average Bonchev–Trinajstić information content (AvgIpc) is 1.55. The molecule has 0 radical (unpaired) electrons. The van der Waals surface area contributed by atoms with Gasteiger partial charge in [-0.05, 0) is 204 Å². The Bertz CT molecular complexity index is 8560. The summed E-state index contributed by atoms with van der Waals surface area (Å²) < 4.78 is 25.8. The van der Waals surface area contributed by atoms with Crippen LogP contribution in [0.15, 0.2) is 395 Å². The van der Waals surface area contributed by atoms with Crippen molar-refractivity contribution in [2.45, 2.75) is 57.8 Å². The number of fused-ring (bicyclic) bond motifs is 29. The van der Waals surface area contributed by atoms with Crippen LogP contribution in [0.5, 0.6) is 0 Å². The van der Waals surface area contributed by atoms with Crippen molar-refractivity contribution in [1.82, 2.24) is 13.7 Å². The molecule has 0 spiro atoms. The zero-order chi connectivity index (χ0) is 81.9. The SMILES string of the molecule is CC1(C)c2ccccc2-c2c1ccc1c2c2ccccc2n1-c1ccc(-c2cccc3c2oc2ccccc23)cc1.CC1(C)c2ccccc2-c2c1ccc1c3ccccc3n(-c3ccc(-c4ccc5oc6ccccc6c5c4)cc3)c21.CC1(C)c2ccccc2-c2cc3c4ccccc4n(-c4ccc(-c5ccc6oc7ccccc7c6c5)cc4)c3cc21. The van der Waals surface area contributed by atoms with Gasteiger partial charge in [-0.3, -0.25) is 0 Å². The first kappa shape index (κ1) is 70.7. The summed E-state index contributed by atoms with van der Waals surface area (Å²) in [5, 5.41) is 14.7. The van der Waals surface area contributed by atoms with E-state index in [-0.39, 0.29) is 16.2 Å². The monoisotopic (exact) mass is 1580 g/mol. The van der Waals surface area contributed by atoms with Crippen LogP contribution in [0.3, 0.4) is 0 Å². The predicted octanol–water partition coefficient (Wildman–Crippen LogP) is 32.0. The molecule has 0 aliphatic heterocycles. The van der Waals surface area contributed by atoms with Crippen LogP contribution in [0.4, 0.5) is 0 Å². The van der Waals surface area contributed by atoms with Crippen LogP contribution in [0.25, 0.3) is 215 Å². The zero-order valence-corrected chi connectivity index (χ0v) is 68.9. The Balaban J connectivity index is 0.000000101. The van der Waals surface area contributed by atoms with Crippen molar-refractivity contribution >= 4 is 131 Å². The molecule has 0 N–H and O–H groups in total. The third-order valence-corrected chi connectivity index (χ3v) is 27.6. The lowest BCUT2D eigenvalue weighted by atomic mass is 9.82. The largest absolute Gasteiger partial charge is 0.456 e. The molecule has 0 amide bonds. The van der Waals surface area contributed by atoms with E-state index < -0.39 is 0 Å². The summed E-state index contributed by atoms with van der Waals surface area (Å²) in [6.07, 6.45) is 0. The first-order chi connectivity index (χ1) is 60.3. The predicted molar refractivity (Wildman–Crippen MR) is 513 cm³/mol. The van der Waals surface area contributed by atoms with Crippen molar-refractivity contribution in [3.63, 3.8) is 0 Å². The Hall–Kier alpha value is -15.2. The van der Waals surface area contributed by atoms with Crippen molar-refractivity contribution in [1.29, 1.82) is 0 Å². The van der Waals surface area contributed by atoms with Gasteiger partial charge in [-0.1, -0.05) is 308 Å². The van der Waals surface area contributed by atoms with Gasteiger partial charge in [0, 0.05) is 109 Å². The van der Waals surface area contributed by atoms with E-state index in [1.54, 1.807) is 0 Å². The van der Waals surface area contributed by atoms with Crippen molar-refractivity contribution in [3.05, 3.63) is 416 Å². The van der Waals surface area contributed by atoms with E-state index in [1.807, 2.05) is 36.4 Å². The maximum Gasteiger partial charge on any atom is 0.143 e. The molecule has 0 saturated carbocycles. The topological polar surface area (TPSA) is 54.2 Å². The molecule has 3 aliphatic carbocycles. The summed E-state index contributed by atoms with van der Waals surface area (Å²) in [5.74, 6) is 0. The third-order valence-electron chi connectivity index (χ3n) is 27.6. The Morgan fingerprint density at radius 1 is 0.195 bits per heavy atom. The minimum atomic E-state index is -0.0405. The van der Waals surface area contributed by atoms with Gasteiger partial charge in [-0.15, -0.1) is 0 Å². The first-order valence-corrected chi connectivity index (χ1v) is 42.8. The van der Waals surface area contributed by atoms with Crippen LogP contribution >= 0.6 is 0 Å². The second-order valence-electron chi connectivity index (χ2n) is 35.3. The number of nitrogens with zero attached hydrogens (tertiary/aromatic N) is 3. The van der Waals surface area contributed by atoms with Crippen LogP contribution in [0, 0.1) is 0 Å². The lowest BCUT2D eigenvalue weighted by Crippen LogP contribution is -2.14. The van der Waals surface area contributed by atoms with E-state index in [4.69, 9.17) is 13.3 Å². The molecule has 27 rings (SSSR count). The molecule has 0 unspecified atom stereocenters. The highest BCUT2D eigenvalue weighted by molar-refractivity contribution is 6.20. The molecule has 6 heterocycles. The van der Waals surface area contributed by atoms with E-state index in [1.165, 1.54) is 166 Å². The van der Waals surface area contributed by atoms with Crippen molar-refractivity contribution < 1.29 is 13.3 Å². The number of furan rings is 3.